The fraction of sp³-hybridized carbons (Fsp3) is 0.385. The highest BCUT2D eigenvalue weighted by molar-refractivity contribution is 6.01. The first-order chi connectivity index (χ1) is 8.59. The molecule has 1 aliphatic rings. The summed E-state index contributed by atoms with van der Waals surface area (Å²) >= 11 is 0. The van der Waals surface area contributed by atoms with E-state index in [9.17, 15) is 9.59 Å². The number of carboxylic acid groups (broad SMARTS) is 1. The zero-order chi connectivity index (χ0) is 13.1. The van der Waals surface area contributed by atoms with E-state index in [-0.39, 0.29) is 23.4 Å². The van der Waals surface area contributed by atoms with Crippen molar-refractivity contribution >= 4 is 17.6 Å². The van der Waals surface area contributed by atoms with Crippen LogP contribution in [0.1, 0.15) is 29.6 Å². The van der Waals surface area contributed by atoms with Crippen molar-refractivity contribution in [3.8, 4) is 0 Å². The van der Waals surface area contributed by atoms with E-state index in [2.05, 4.69) is 5.32 Å². The van der Waals surface area contributed by atoms with Gasteiger partial charge in [-0.25, -0.2) is 4.79 Å². The van der Waals surface area contributed by atoms with E-state index in [1.807, 2.05) is 0 Å². The molecule has 5 heteroatoms. The summed E-state index contributed by atoms with van der Waals surface area (Å²) in [5.41, 5.74) is 6.28. The summed E-state index contributed by atoms with van der Waals surface area (Å²) in [5.74, 6) is -1.46. The van der Waals surface area contributed by atoms with E-state index in [4.69, 9.17) is 10.8 Å². The normalized spacial score (nSPS) is 22.7. The number of anilines is 1. The van der Waals surface area contributed by atoms with Gasteiger partial charge < -0.3 is 16.2 Å². The molecular weight excluding hydrogens is 232 g/mol. The summed E-state index contributed by atoms with van der Waals surface area (Å²) in [6, 6.07) is 6.24. The number of aromatic carboxylic acids is 1. The van der Waals surface area contributed by atoms with E-state index in [1.54, 1.807) is 18.2 Å². The summed E-state index contributed by atoms with van der Waals surface area (Å²) in [7, 11) is 0. The van der Waals surface area contributed by atoms with E-state index < -0.39 is 5.97 Å². The number of nitrogens with one attached hydrogen (secondary N) is 1. The summed E-state index contributed by atoms with van der Waals surface area (Å²) in [6.07, 6.45) is 2.56. The Morgan fingerprint density at radius 3 is 2.61 bits per heavy atom. The van der Waals surface area contributed by atoms with Gasteiger partial charge >= 0.3 is 5.97 Å². The minimum Gasteiger partial charge on any atom is -0.478 e. The Bertz CT molecular complexity index is 473. The summed E-state index contributed by atoms with van der Waals surface area (Å²) in [6.45, 7) is 0. The van der Waals surface area contributed by atoms with Crippen LogP contribution in [0.3, 0.4) is 0 Å². The number of carbonyl (C=O) groups excluding carboxylic acids is 1. The topological polar surface area (TPSA) is 92.4 Å². The number of hydrogen-bond acceptors (Lipinski definition) is 3. The van der Waals surface area contributed by atoms with Gasteiger partial charge in [-0.15, -0.1) is 0 Å². The fourth-order valence-corrected chi connectivity index (χ4v) is 2.32. The molecule has 18 heavy (non-hydrogen) atoms. The van der Waals surface area contributed by atoms with Gasteiger partial charge in [0.2, 0.25) is 5.91 Å². The smallest absolute Gasteiger partial charge is 0.337 e. The maximum absolute atomic E-state index is 12.0. The molecular formula is C13H16N2O3. The molecule has 0 aromatic heterocycles. The minimum absolute atomic E-state index is 0.0948. The average Bonchev–Trinajstić information content (AvgIpc) is 2.76. The molecule has 0 saturated heterocycles. The largest absolute Gasteiger partial charge is 0.478 e. The van der Waals surface area contributed by atoms with Crippen LogP contribution in [0, 0.1) is 5.92 Å². The van der Waals surface area contributed by atoms with E-state index >= 15 is 0 Å². The summed E-state index contributed by atoms with van der Waals surface area (Å²) in [4.78, 5) is 23.0. The molecule has 1 aliphatic carbocycles. The molecule has 96 valence electrons. The monoisotopic (exact) mass is 248 g/mol. The average molecular weight is 248 g/mol. The summed E-state index contributed by atoms with van der Waals surface area (Å²) in [5, 5.41) is 11.7. The molecule has 1 fully saturated rings. The van der Waals surface area contributed by atoms with Crippen LogP contribution in [0.5, 0.6) is 0 Å². The molecule has 2 rings (SSSR count). The molecule has 1 saturated carbocycles. The second-order valence-electron chi connectivity index (χ2n) is 4.54. The van der Waals surface area contributed by atoms with Crippen LogP contribution < -0.4 is 11.1 Å². The van der Waals surface area contributed by atoms with Crippen LogP contribution in [-0.4, -0.2) is 23.0 Å². The van der Waals surface area contributed by atoms with Crippen molar-refractivity contribution in [3.63, 3.8) is 0 Å². The second kappa shape index (κ2) is 5.18. The molecule has 0 bridgehead atoms. The maximum Gasteiger partial charge on any atom is 0.337 e. The fourth-order valence-electron chi connectivity index (χ4n) is 2.32. The van der Waals surface area contributed by atoms with E-state index in [0.717, 1.165) is 19.3 Å². The van der Waals surface area contributed by atoms with Crippen LogP contribution in [-0.2, 0) is 4.79 Å². The Balaban J connectivity index is 2.14. The minimum atomic E-state index is -1.05. The molecule has 0 radical (unpaired) electrons. The Hall–Kier alpha value is -1.88. The van der Waals surface area contributed by atoms with Gasteiger partial charge in [-0.1, -0.05) is 18.6 Å². The maximum atomic E-state index is 12.0. The van der Waals surface area contributed by atoms with Crippen LogP contribution in [0.2, 0.25) is 0 Å². The SMILES string of the molecule is NC1CCCC1C(=O)Nc1ccccc1C(=O)O. The Morgan fingerprint density at radius 1 is 1.28 bits per heavy atom. The highest BCUT2D eigenvalue weighted by atomic mass is 16.4. The lowest BCUT2D eigenvalue weighted by molar-refractivity contribution is -0.120. The number of amides is 1. The lowest BCUT2D eigenvalue weighted by Gasteiger charge is -2.16. The number of nitrogens with two attached hydrogens (primary N) is 1. The van der Waals surface area contributed by atoms with Crippen molar-refractivity contribution in [2.24, 2.45) is 11.7 Å². The van der Waals surface area contributed by atoms with Gasteiger partial charge in [0.25, 0.3) is 0 Å². The zero-order valence-electron chi connectivity index (χ0n) is 9.93. The molecule has 1 aromatic rings. The Kier molecular flexibility index (Phi) is 3.62. The van der Waals surface area contributed by atoms with E-state index in [0.29, 0.717) is 5.69 Å². The first-order valence-electron chi connectivity index (χ1n) is 5.98. The molecule has 2 unspecified atom stereocenters. The molecule has 1 aromatic carbocycles. The third-order valence-corrected chi connectivity index (χ3v) is 3.32. The lowest BCUT2D eigenvalue weighted by Crippen LogP contribution is -2.34. The molecule has 0 spiro atoms. The first-order valence-corrected chi connectivity index (χ1v) is 5.98. The van der Waals surface area contributed by atoms with Crippen LogP contribution in [0.25, 0.3) is 0 Å². The quantitative estimate of drug-likeness (QED) is 0.754. The highest BCUT2D eigenvalue weighted by Crippen LogP contribution is 2.26. The van der Waals surface area contributed by atoms with Crippen LogP contribution in [0.15, 0.2) is 24.3 Å². The molecule has 0 aliphatic heterocycles. The van der Waals surface area contributed by atoms with Crippen molar-refractivity contribution < 1.29 is 14.7 Å². The van der Waals surface area contributed by atoms with Crippen molar-refractivity contribution in [2.75, 3.05) is 5.32 Å². The standard InChI is InChI=1S/C13H16N2O3/c14-10-6-3-5-8(10)12(16)15-11-7-2-1-4-9(11)13(17)18/h1-2,4,7-8,10H,3,5-6,14H2,(H,15,16)(H,17,18). The zero-order valence-corrected chi connectivity index (χ0v) is 9.93. The van der Waals surface area contributed by atoms with E-state index in [1.165, 1.54) is 6.07 Å². The van der Waals surface area contributed by atoms with Gasteiger partial charge in [-0.05, 0) is 25.0 Å². The van der Waals surface area contributed by atoms with Crippen LogP contribution in [0.4, 0.5) is 5.69 Å². The highest BCUT2D eigenvalue weighted by Gasteiger charge is 2.30. The number of benzene rings is 1. The van der Waals surface area contributed by atoms with Crippen molar-refractivity contribution in [2.45, 2.75) is 25.3 Å². The lowest BCUT2D eigenvalue weighted by atomic mass is 10.0. The first kappa shape index (κ1) is 12.6. The number of carboxylic acids is 1. The molecule has 4 N–H and O–H groups in total. The molecule has 1 amide bonds. The van der Waals surface area contributed by atoms with Gasteiger partial charge in [0.15, 0.2) is 0 Å². The van der Waals surface area contributed by atoms with Gasteiger partial charge in [-0.3, -0.25) is 4.79 Å². The van der Waals surface area contributed by atoms with Crippen molar-refractivity contribution in [1.29, 1.82) is 0 Å². The molecule has 2 atom stereocenters. The third-order valence-electron chi connectivity index (χ3n) is 3.32. The van der Waals surface area contributed by atoms with Gasteiger partial charge in [0, 0.05) is 6.04 Å². The van der Waals surface area contributed by atoms with Crippen molar-refractivity contribution in [3.05, 3.63) is 29.8 Å². The Labute approximate surface area is 105 Å². The van der Waals surface area contributed by atoms with Gasteiger partial charge in [0.05, 0.1) is 17.2 Å². The summed E-state index contributed by atoms with van der Waals surface area (Å²) < 4.78 is 0. The molecule has 0 heterocycles. The predicted molar refractivity (Wildman–Crippen MR) is 67.3 cm³/mol. The third kappa shape index (κ3) is 2.51. The second-order valence-corrected chi connectivity index (χ2v) is 4.54. The van der Waals surface area contributed by atoms with Crippen molar-refractivity contribution in [1.82, 2.24) is 0 Å². The number of para-hydroxylation sites is 1. The Morgan fingerprint density at radius 2 is 2.00 bits per heavy atom. The predicted octanol–water partition coefficient (Wildman–Crippen LogP) is 1.45. The van der Waals surface area contributed by atoms with Gasteiger partial charge in [-0.2, -0.15) is 0 Å². The van der Waals surface area contributed by atoms with Crippen LogP contribution >= 0.6 is 0 Å². The number of carbonyl (C=O) groups is 2. The van der Waals surface area contributed by atoms with Gasteiger partial charge in [0.1, 0.15) is 0 Å². The number of hydrogen-bond donors (Lipinski definition) is 3. The number of rotatable bonds is 3. The molecule has 5 nitrogen and oxygen atoms in total.